The summed E-state index contributed by atoms with van der Waals surface area (Å²) in [6.07, 6.45) is 0.566. The Morgan fingerprint density at radius 3 is 2.67 bits per heavy atom. The number of nitrogens with one attached hydrogen (secondary N) is 1. The van der Waals surface area contributed by atoms with Gasteiger partial charge < -0.3 is 10.1 Å². The number of hydrogen-bond donors (Lipinski definition) is 1. The molecule has 1 heterocycles. The van der Waals surface area contributed by atoms with Crippen LogP contribution in [0.2, 0.25) is 0 Å². The third kappa shape index (κ3) is 6.53. The normalized spacial score (nSPS) is 10.5. The molecule has 0 atom stereocenters. The minimum atomic E-state index is -2.85. The lowest BCUT2D eigenvalue weighted by Gasteiger charge is -2.09. The number of alkyl halides is 2. The number of thioether (sulfide) groups is 1. The number of benzene rings is 1. The number of nitriles is 1. The summed E-state index contributed by atoms with van der Waals surface area (Å²) in [6.45, 7) is 1.26. The van der Waals surface area contributed by atoms with E-state index >= 15 is 0 Å². The maximum Gasteiger partial charge on any atom is 0.387 e. The van der Waals surface area contributed by atoms with Crippen molar-refractivity contribution in [2.45, 2.75) is 31.9 Å². The van der Waals surface area contributed by atoms with Gasteiger partial charge in [-0.1, -0.05) is 23.9 Å². The second-order valence-corrected chi connectivity index (χ2v) is 6.75. The fourth-order valence-electron chi connectivity index (χ4n) is 2.41. The number of hydrogen-bond acceptors (Lipinski definition) is 5. The zero-order valence-electron chi connectivity index (χ0n) is 15.0. The van der Waals surface area contributed by atoms with Gasteiger partial charge in [-0.15, -0.1) is 0 Å². The lowest BCUT2D eigenvalue weighted by atomic mass is 10.1. The van der Waals surface area contributed by atoms with Crippen molar-refractivity contribution in [1.82, 2.24) is 10.3 Å². The van der Waals surface area contributed by atoms with E-state index in [4.69, 9.17) is 0 Å². The molecule has 0 saturated carbocycles. The van der Waals surface area contributed by atoms with Crippen LogP contribution in [0.3, 0.4) is 0 Å². The van der Waals surface area contributed by atoms with Gasteiger partial charge in [-0.05, 0) is 49.6 Å². The van der Waals surface area contributed by atoms with Gasteiger partial charge in [0.2, 0.25) is 5.91 Å². The Morgan fingerprint density at radius 1 is 1.33 bits per heavy atom. The smallest absolute Gasteiger partial charge is 0.387 e. The maximum absolute atomic E-state index is 12.1. The number of carbonyl (C=O) groups excluding carboxylic acids is 1. The van der Waals surface area contributed by atoms with Crippen molar-refractivity contribution in [2.24, 2.45) is 0 Å². The average molecular weight is 391 g/mol. The maximum atomic E-state index is 12.1. The fraction of sp³-hybridized carbons (Fsp3) is 0.316. The number of aryl methyl sites for hydroxylation is 2. The van der Waals surface area contributed by atoms with Crippen LogP contribution in [-0.4, -0.2) is 29.8 Å². The van der Waals surface area contributed by atoms with Crippen molar-refractivity contribution in [2.75, 3.05) is 12.3 Å². The summed E-state index contributed by atoms with van der Waals surface area (Å²) < 4.78 is 28.5. The molecular weight excluding hydrogens is 372 g/mol. The van der Waals surface area contributed by atoms with E-state index in [1.54, 1.807) is 12.1 Å². The fourth-order valence-corrected chi connectivity index (χ4v) is 3.34. The molecule has 5 nitrogen and oxygen atoms in total. The van der Waals surface area contributed by atoms with Gasteiger partial charge in [0.05, 0.1) is 11.3 Å². The molecule has 0 unspecified atom stereocenters. The molecule has 0 spiro atoms. The highest BCUT2D eigenvalue weighted by atomic mass is 32.2. The van der Waals surface area contributed by atoms with E-state index in [0.29, 0.717) is 23.6 Å². The van der Waals surface area contributed by atoms with E-state index in [1.165, 1.54) is 23.9 Å². The monoisotopic (exact) mass is 391 g/mol. The van der Waals surface area contributed by atoms with Crippen LogP contribution in [0.4, 0.5) is 8.78 Å². The van der Waals surface area contributed by atoms with Crippen LogP contribution in [0.25, 0.3) is 0 Å². The van der Waals surface area contributed by atoms with Gasteiger partial charge in [0.15, 0.2) is 0 Å². The predicted molar refractivity (Wildman–Crippen MR) is 98.9 cm³/mol. The van der Waals surface area contributed by atoms with Crippen LogP contribution in [0.15, 0.2) is 35.4 Å². The lowest BCUT2D eigenvalue weighted by molar-refractivity contribution is -0.118. The van der Waals surface area contributed by atoms with E-state index in [1.807, 2.05) is 19.9 Å². The molecular formula is C19H19F2N3O2S. The average Bonchev–Trinajstić information content (AvgIpc) is 2.60. The van der Waals surface area contributed by atoms with Crippen molar-refractivity contribution in [3.05, 3.63) is 52.7 Å². The van der Waals surface area contributed by atoms with Gasteiger partial charge in [-0.3, -0.25) is 4.79 Å². The number of amides is 1. The van der Waals surface area contributed by atoms with Crippen molar-refractivity contribution in [3.63, 3.8) is 0 Å². The Kier molecular flexibility index (Phi) is 7.55. The first-order valence-electron chi connectivity index (χ1n) is 8.20. The molecule has 0 fully saturated rings. The summed E-state index contributed by atoms with van der Waals surface area (Å²) in [4.78, 5) is 16.3. The number of carbonyl (C=O) groups is 1. The Hall–Kier alpha value is -2.66. The second-order valence-electron chi connectivity index (χ2n) is 5.78. The molecule has 8 heteroatoms. The molecule has 0 aliphatic rings. The van der Waals surface area contributed by atoms with E-state index in [9.17, 15) is 18.8 Å². The van der Waals surface area contributed by atoms with E-state index < -0.39 is 6.61 Å². The number of pyridine rings is 1. The molecule has 2 rings (SSSR count). The third-order valence-electron chi connectivity index (χ3n) is 3.65. The summed E-state index contributed by atoms with van der Waals surface area (Å²) >= 11 is 1.23. The molecule has 1 amide bonds. The van der Waals surface area contributed by atoms with Gasteiger partial charge in [0, 0.05) is 12.2 Å². The van der Waals surface area contributed by atoms with Gasteiger partial charge in [0.1, 0.15) is 16.8 Å². The van der Waals surface area contributed by atoms with Crippen molar-refractivity contribution in [3.8, 4) is 11.8 Å². The Balaban J connectivity index is 1.79. The second kappa shape index (κ2) is 9.88. The van der Waals surface area contributed by atoms with Crippen LogP contribution in [0, 0.1) is 25.2 Å². The molecule has 0 aliphatic carbocycles. The first-order chi connectivity index (χ1) is 12.9. The highest BCUT2D eigenvalue weighted by molar-refractivity contribution is 8.00. The Labute approximate surface area is 160 Å². The summed E-state index contributed by atoms with van der Waals surface area (Å²) in [5.41, 5.74) is 3.03. The largest absolute Gasteiger partial charge is 0.435 e. The van der Waals surface area contributed by atoms with E-state index in [2.05, 4.69) is 21.1 Å². The van der Waals surface area contributed by atoms with E-state index in [0.717, 1.165) is 16.8 Å². The van der Waals surface area contributed by atoms with E-state index in [-0.39, 0.29) is 17.4 Å². The molecule has 1 aromatic heterocycles. The SMILES string of the molecule is Cc1cc(C)c(C#N)c(SCC(=O)NCCc2ccc(OC(F)F)cc2)n1. The minimum absolute atomic E-state index is 0.100. The molecule has 0 bridgehead atoms. The van der Waals surface area contributed by atoms with Crippen molar-refractivity contribution in [1.29, 1.82) is 5.26 Å². The molecule has 0 saturated heterocycles. The lowest BCUT2D eigenvalue weighted by Crippen LogP contribution is -2.27. The minimum Gasteiger partial charge on any atom is -0.435 e. The summed E-state index contributed by atoms with van der Waals surface area (Å²) in [5.74, 6) is 0.0945. The standard InChI is InChI=1S/C19H19F2N3O2S/c1-12-9-13(2)24-18(16(12)10-22)27-11-17(25)23-8-7-14-3-5-15(6-4-14)26-19(20)21/h3-6,9,19H,7-8,11H2,1-2H3,(H,23,25). The zero-order valence-corrected chi connectivity index (χ0v) is 15.8. The van der Waals surface area contributed by atoms with Crippen LogP contribution >= 0.6 is 11.8 Å². The Bertz CT molecular complexity index is 836. The van der Waals surface area contributed by atoms with Crippen molar-refractivity contribution >= 4 is 17.7 Å². The van der Waals surface area contributed by atoms with Crippen LogP contribution in [-0.2, 0) is 11.2 Å². The molecule has 1 aromatic carbocycles. The summed E-state index contributed by atoms with van der Waals surface area (Å²) in [5, 5.41) is 12.6. The number of ether oxygens (including phenoxy) is 1. The third-order valence-corrected chi connectivity index (χ3v) is 4.62. The molecule has 0 radical (unpaired) electrons. The van der Waals surface area contributed by atoms with Gasteiger partial charge in [0.25, 0.3) is 0 Å². The van der Waals surface area contributed by atoms with Crippen LogP contribution < -0.4 is 10.1 Å². The highest BCUT2D eigenvalue weighted by Crippen LogP contribution is 2.23. The number of aromatic nitrogens is 1. The number of nitrogens with zero attached hydrogens (tertiary/aromatic N) is 2. The van der Waals surface area contributed by atoms with Crippen LogP contribution in [0.5, 0.6) is 5.75 Å². The molecule has 27 heavy (non-hydrogen) atoms. The topological polar surface area (TPSA) is 75.0 Å². The molecule has 142 valence electrons. The van der Waals surface area contributed by atoms with Crippen molar-refractivity contribution < 1.29 is 18.3 Å². The van der Waals surface area contributed by atoms with Gasteiger partial charge in [-0.25, -0.2) is 4.98 Å². The Morgan fingerprint density at radius 2 is 2.04 bits per heavy atom. The molecule has 1 N–H and O–H groups in total. The summed E-state index contributed by atoms with van der Waals surface area (Å²) in [6, 6.07) is 10.2. The number of rotatable bonds is 8. The van der Waals surface area contributed by atoms with Gasteiger partial charge in [-0.2, -0.15) is 14.0 Å². The highest BCUT2D eigenvalue weighted by Gasteiger charge is 2.11. The van der Waals surface area contributed by atoms with Gasteiger partial charge >= 0.3 is 6.61 Å². The van der Waals surface area contributed by atoms with Crippen LogP contribution in [0.1, 0.15) is 22.4 Å². The first kappa shape index (κ1) is 20.6. The zero-order chi connectivity index (χ0) is 19.8. The quantitative estimate of drug-likeness (QED) is 0.696. The summed E-state index contributed by atoms with van der Waals surface area (Å²) in [7, 11) is 0. The number of halogens is 2. The first-order valence-corrected chi connectivity index (χ1v) is 9.19. The predicted octanol–water partition coefficient (Wildman–Crippen LogP) is 3.62. The molecule has 2 aromatic rings. The molecule has 0 aliphatic heterocycles.